The fraction of sp³-hybridized carbons (Fsp3) is 0.333. The van der Waals surface area contributed by atoms with Crippen molar-refractivity contribution in [1.29, 1.82) is 0 Å². The number of fused-ring (bicyclic) bond motifs is 1. The first-order valence-electron chi connectivity index (χ1n) is 4.60. The highest BCUT2D eigenvalue weighted by atomic mass is 32.1. The van der Waals surface area contributed by atoms with E-state index in [2.05, 4.69) is 10.1 Å². The monoisotopic (exact) mass is 247 g/mol. The summed E-state index contributed by atoms with van der Waals surface area (Å²) in [5.74, 6) is 0. The Hall–Kier alpha value is -1.37. The lowest BCUT2D eigenvalue weighted by molar-refractivity contribution is -0.141. The topological polar surface area (TPSA) is 33.1 Å². The Morgan fingerprint density at radius 2 is 2.12 bits per heavy atom. The predicted molar refractivity (Wildman–Crippen MR) is 54.8 cm³/mol. The molecule has 3 nitrogen and oxygen atoms in total. The largest absolute Gasteiger partial charge is 0.432 e. The number of aromatic nitrogens is 3. The molecule has 0 bridgehead atoms. The third kappa shape index (κ3) is 1.82. The Bertz CT molecular complexity index is 582. The number of halogens is 3. The normalized spacial score (nSPS) is 12.2. The first-order chi connectivity index (χ1) is 7.41. The highest BCUT2D eigenvalue weighted by Crippen LogP contribution is 2.28. The molecule has 16 heavy (non-hydrogen) atoms. The number of alkyl halides is 3. The maximum absolute atomic E-state index is 12.4. The van der Waals surface area contributed by atoms with Crippen molar-refractivity contribution in [3.8, 4) is 0 Å². The lowest BCUT2D eigenvalue weighted by Crippen LogP contribution is -2.05. The molecule has 2 rings (SSSR count). The molecule has 0 saturated heterocycles. The smallest absolute Gasteiger partial charge is 0.287 e. The SMILES string of the molecule is CCc1cc(=S)n2[nH]c(C(F)(F)F)cc2n1. The van der Waals surface area contributed by atoms with E-state index >= 15 is 0 Å². The average Bonchev–Trinajstić information content (AvgIpc) is 2.61. The molecule has 0 aliphatic heterocycles. The van der Waals surface area contributed by atoms with Gasteiger partial charge in [0.15, 0.2) is 5.65 Å². The van der Waals surface area contributed by atoms with Gasteiger partial charge in [-0.1, -0.05) is 19.1 Å². The summed E-state index contributed by atoms with van der Waals surface area (Å²) in [4.78, 5) is 4.05. The van der Waals surface area contributed by atoms with Crippen molar-refractivity contribution in [3.05, 3.63) is 28.2 Å². The van der Waals surface area contributed by atoms with Gasteiger partial charge in [0.2, 0.25) is 0 Å². The molecule has 0 aliphatic carbocycles. The van der Waals surface area contributed by atoms with E-state index in [-0.39, 0.29) is 10.3 Å². The third-order valence-corrected chi connectivity index (χ3v) is 2.47. The first-order valence-corrected chi connectivity index (χ1v) is 5.01. The molecule has 0 unspecified atom stereocenters. The molecule has 2 heterocycles. The number of H-pyrrole nitrogens is 1. The molecule has 7 heteroatoms. The molecule has 0 amide bonds. The summed E-state index contributed by atoms with van der Waals surface area (Å²) in [6.45, 7) is 1.87. The molecule has 86 valence electrons. The van der Waals surface area contributed by atoms with E-state index in [0.29, 0.717) is 12.1 Å². The fourth-order valence-corrected chi connectivity index (χ4v) is 1.64. The number of hydrogen-bond donors (Lipinski definition) is 1. The van der Waals surface area contributed by atoms with Crippen molar-refractivity contribution in [1.82, 2.24) is 14.6 Å². The third-order valence-electron chi connectivity index (χ3n) is 2.17. The molecule has 0 atom stereocenters. The average molecular weight is 247 g/mol. The maximum atomic E-state index is 12.4. The van der Waals surface area contributed by atoms with Gasteiger partial charge in [0, 0.05) is 11.8 Å². The van der Waals surface area contributed by atoms with E-state index in [9.17, 15) is 13.2 Å². The molecular weight excluding hydrogens is 239 g/mol. The second-order valence-corrected chi connectivity index (χ2v) is 3.72. The zero-order valence-corrected chi connectivity index (χ0v) is 9.11. The predicted octanol–water partition coefficient (Wildman–Crippen LogP) is 2.97. The number of aryl methyl sites for hydroxylation is 1. The van der Waals surface area contributed by atoms with Crippen LogP contribution in [0.25, 0.3) is 5.65 Å². The van der Waals surface area contributed by atoms with Crippen LogP contribution >= 0.6 is 12.2 Å². The van der Waals surface area contributed by atoms with Crippen molar-refractivity contribution < 1.29 is 13.2 Å². The Labute approximate surface area is 93.9 Å². The summed E-state index contributed by atoms with van der Waals surface area (Å²) in [6.07, 6.45) is -3.78. The minimum atomic E-state index is -4.41. The Balaban J connectivity index is 2.71. The van der Waals surface area contributed by atoms with Gasteiger partial charge in [0.05, 0.1) is 0 Å². The molecule has 0 aromatic carbocycles. The molecule has 2 aromatic heterocycles. The Kier molecular flexibility index (Phi) is 2.49. The maximum Gasteiger partial charge on any atom is 0.432 e. The van der Waals surface area contributed by atoms with Crippen molar-refractivity contribution in [2.45, 2.75) is 19.5 Å². The lowest BCUT2D eigenvalue weighted by atomic mass is 10.3. The van der Waals surface area contributed by atoms with Gasteiger partial charge < -0.3 is 0 Å². The van der Waals surface area contributed by atoms with Crippen LogP contribution < -0.4 is 0 Å². The van der Waals surface area contributed by atoms with Gasteiger partial charge >= 0.3 is 6.18 Å². The van der Waals surface area contributed by atoms with E-state index in [0.717, 1.165) is 10.6 Å². The van der Waals surface area contributed by atoms with Gasteiger partial charge in [-0.15, -0.1) is 0 Å². The lowest BCUT2D eigenvalue weighted by Gasteiger charge is -2.00. The van der Waals surface area contributed by atoms with Gasteiger partial charge in [-0.25, -0.2) is 9.50 Å². The molecule has 2 aromatic rings. The summed E-state index contributed by atoms with van der Waals surface area (Å²) in [7, 11) is 0. The van der Waals surface area contributed by atoms with Crippen LogP contribution in [-0.2, 0) is 12.6 Å². The molecule has 0 radical (unpaired) electrons. The van der Waals surface area contributed by atoms with Gasteiger partial charge in [-0.3, -0.25) is 5.10 Å². The summed E-state index contributed by atoms with van der Waals surface area (Å²) in [5.41, 5.74) is 0.0220. The van der Waals surface area contributed by atoms with Crippen LogP contribution in [0.2, 0.25) is 0 Å². The van der Waals surface area contributed by atoms with E-state index in [1.165, 1.54) is 0 Å². The number of nitrogens with one attached hydrogen (secondary N) is 1. The summed E-state index contributed by atoms with van der Waals surface area (Å²) in [6, 6.07) is 2.54. The highest BCUT2D eigenvalue weighted by molar-refractivity contribution is 7.71. The summed E-state index contributed by atoms with van der Waals surface area (Å²) >= 11 is 4.97. The van der Waals surface area contributed by atoms with Gasteiger partial charge in [-0.2, -0.15) is 13.2 Å². The van der Waals surface area contributed by atoms with Crippen LogP contribution in [0.3, 0.4) is 0 Å². The second-order valence-electron chi connectivity index (χ2n) is 3.30. The molecular formula is C9H8F3N3S. The summed E-state index contributed by atoms with van der Waals surface area (Å²) < 4.78 is 38.7. The number of nitrogens with zero attached hydrogens (tertiary/aromatic N) is 2. The molecule has 0 aliphatic rings. The van der Waals surface area contributed by atoms with Crippen molar-refractivity contribution in [2.75, 3.05) is 0 Å². The van der Waals surface area contributed by atoms with E-state index in [4.69, 9.17) is 12.2 Å². The molecule has 1 N–H and O–H groups in total. The van der Waals surface area contributed by atoms with Crippen molar-refractivity contribution in [2.24, 2.45) is 0 Å². The Morgan fingerprint density at radius 1 is 1.44 bits per heavy atom. The van der Waals surface area contributed by atoms with Gasteiger partial charge in [0.1, 0.15) is 10.3 Å². The molecule has 0 saturated carbocycles. The van der Waals surface area contributed by atoms with E-state index in [1.807, 2.05) is 6.92 Å². The van der Waals surface area contributed by atoms with Gasteiger partial charge in [-0.05, 0) is 12.5 Å². The van der Waals surface area contributed by atoms with E-state index < -0.39 is 11.9 Å². The minimum Gasteiger partial charge on any atom is -0.287 e. The van der Waals surface area contributed by atoms with Crippen LogP contribution in [0.4, 0.5) is 13.2 Å². The zero-order valence-electron chi connectivity index (χ0n) is 8.30. The van der Waals surface area contributed by atoms with Crippen LogP contribution in [0.5, 0.6) is 0 Å². The van der Waals surface area contributed by atoms with E-state index in [1.54, 1.807) is 6.07 Å². The van der Waals surface area contributed by atoms with Crippen LogP contribution in [0.1, 0.15) is 18.3 Å². The number of hydrogen-bond acceptors (Lipinski definition) is 2. The standard InChI is InChI=1S/C9H8F3N3S/c1-2-5-3-8(16)15-7(13-5)4-6(14-15)9(10,11)12/h3-4,14H,2H2,1H3. The first kappa shape index (κ1) is 11.1. The Morgan fingerprint density at radius 3 is 2.69 bits per heavy atom. The van der Waals surface area contributed by atoms with Crippen LogP contribution in [-0.4, -0.2) is 14.6 Å². The quantitative estimate of drug-likeness (QED) is 0.786. The zero-order chi connectivity index (χ0) is 11.9. The van der Waals surface area contributed by atoms with Crippen LogP contribution in [0, 0.1) is 4.64 Å². The summed E-state index contributed by atoms with van der Waals surface area (Å²) in [5, 5.41) is 2.18. The number of rotatable bonds is 1. The van der Waals surface area contributed by atoms with Crippen molar-refractivity contribution >= 4 is 17.9 Å². The number of aromatic amines is 1. The second kappa shape index (κ2) is 3.58. The van der Waals surface area contributed by atoms with Crippen molar-refractivity contribution in [3.63, 3.8) is 0 Å². The van der Waals surface area contributed by atoms with Crippen LogP contribution in [0.15, 0.2) is 12.1 Å². The fourth-order valence-electron chi connectivity index (χ4n) is 1.37. The minimum absolute atomic E-state index is 0.191. The highest BCUT2D eigenvalue weighted by Gasteiger charge is 2.33. The molecule has 0 fully saturated rings. The molecule has 0 spiro atoms. The van der Waals surface area contributed by atoms with Gasteiger partial charge in [0.25, 0.3) is 0 Å².